The molecule has 0 bridgehead atoms. The smallest absolute Gasteiger partial charge is 0.125 e. The van der Waals surface area contributed by atoms with E-state index in [9.17, 15) is 5.11 Å². The zero-order valence-corrected chi connectivity index (χ0v) is 14.1. The molecule has 0 amide bonds. The van der Waals surface area contributed by atoms with Gasteiger partial charge in [0.25, 0.3) is 0 Å². The third-order valence-corrected chi connectivity index (χ3v) is 4.27. The Labute approximate surface area is 135 Å². The van der Waals surface area contributed by atoms with Gasteiger partial charge in [-0.05, 0) is 44.3 Å². The number of benzene rings is 1. The highest BCUT2D eigenvalue weighted by Crippen LogP contribution is 2.28. The van der Waals surface area contributed by atoms with E-state index < -0.39 is 6.10 Å². The molecule has 0 aromatic heterocycles. The molecule has 2 rings (SSSR count). The average molecular weight is 305 g/mol. The van der Waals surface area contributed by atoms with E-state index in [0.717, 1.165) is 24.3 Å². The van der Waals surface area contributed by atoms with Gasteiger partial charge in [-0.25, -0.2) is 0 Å². The van der Waals surface area contributed by atoms with Crippen LogP contribution in [0.4, 0.5) is 0 Å². The number of likely N-dealkylation sites (tertiary alicyclic amines) is 1. The third-order valence-electron chi connectivity index (χ3n) is 4.27. The summed E-state index contributed by atoms with van der Waals surface area (Å²) in [6.45, 7) is 8.29. The Morgan fingerprint density at radius 3 is 2.45 bits per heavy atom. The zero-order chi connectivity index (χ0) is 15.8. The van der Waals surface area contributed by atoms with Crippen molar-refractivity contribution in [1.82, 2.24) is 4.90 Å². The molecule has 1 fully saturated rings. The third kappa shape index (κ3) is 5.62. The lowest BCUT2D eigenvalue weighted by Gasteiger charge is -2.22. The van der Waals surface area contributed by atoms with Gasteiger partial charge >= 0.3 is 0 Å². The standard InChI is InChI=1S/C19H31NO2/c1-16(2)15-22-19-10-6-5-9-17(19)18(21)11-14-20-12-7-3-4-8-13-20/h5-6,9-10,16,18,21H,3-4,7-8,11-15H2,1-2H3. The summed E-state index contributed by atoms with van der Waals surface area (Å²) in [5.41, 5.74) is 0.929. The van der Waals surface area contributed by atoms with Crippen LogP contribution in [0.1, 0.15) is 57.6 Å². The van der Waals surface area contributed by atoms with E-state index in [1.807, 2.05) is 24.3 Å². The molecule has 1 unspecified atom stereocenters. The average Bonchev–Trinajstić information content (AvgIpc) is 2.79. The topological polar surface area (TPSA) is 32.7 Å². The largest absolute Gasteiger partial charge is 0.493 e. The van der Waals surface area contributed by atoms with Gasteiger partial charge in [-0.1, -0.05) is 44.9 Å². The van der Waals surface area contributed by atoms with Crippen LogP contribution in [0.2, 0.25) is 0 Å². The van der Waals surface area contributed by atoms with E-state index in [1.165, 1.54) is 38.8 Å². The van der Waals surface area contributed by atoms with Crippen LogP contribution in [0.15, 0.2) is 24.3 Å². The van der Waals surface area contributed by atoms with Crippen molar-refractivity contribution in [3.63, 3.8) is 0 Å². The zero-order valence-electron chi connectivity index (χ0n) is 14.1. The maximum atomic E-state index is 10.6. The molecule has 3 heteroatoms. The second-order valence-corrected chi connectivity index (χ2v) is 6.80. The van der Waals surface area contributed by atoms with Gasteiger partial charge in [0.1, 0.15) is 5.75 Å². The van der Waals surface area contributed by atoms with Crippen molar-refractivity contribution in [3.8, 4) is 5.75 Å². The molecule has 3 nitrogen and oxygen atoms in total. The number of hydrogen-bond acceptors (Lipinski definition) is 3. The molecule has 22 heavy (non-hydrogen) atoms. The first-order valence-electron chi connectivity index (χ1n) is 8.79. The van der Waals surface area contributed by atoms with Crippen molar-refractivity contribution in [1.29, 1.82) is 0 Å². The van der Waals surface area contributed by atoms with Crippen molar-refractivity contribution in [3.05, 3.63) is 29.8 Å². The summed E-state index contributed by atoms with van der Waals surface area (Å²) in [7, 11) is 0. The minimum absolute atomic E-state index is 0.438. The van der Waals surface area contributed by atoms with Gasteiger partial charge < -0.3 is 14.7 Å². The number of nitrogens with zero attached hydrogens (tertiary/aromatic N) is 1. The molecule has 1 aliphatic heterocycles. The molecule has 124 valence electrons. The molecule has 0 spiro atoms. The molecule has 1 aromatic carbocycles. The molecule has 1 N–H and O–H groups in total. The van der Waals surface area contributed by atoms with Gasteiger partial charge in [0.15, 0.2) is 0 Å². The molecular weight excluding hydrogens is 274 g/mol. The van der Waals surface area contributed by atoms with Crippen LogP contribution in [0, 0.1) is 5.92 Å². The molecule has 1 heterocycles. The first kappa shape index (κ1) is 17.3. The highest BCUT2D eigenvalue weighted by Gasteiger charge is 2.16. The van der Waals surface area contributed by atoms with Crippen molar-refractivity contribution in [2.75, 3.05) is 26.2 Å². The number of ether oxygens (including phenoxy) is 1. The predicted octanol–water partition coefficient (Wildman–Crippen LogP) is 4.02. The number of aliphatic hydroxyl groups is 1. The van der Waals surface area contributed by atoms with Crippen molar-refractivity contribution in [2.24, 2.45) is 5.92 Å². The highest BCUT2D eigenvalue weighted by atomic mass is 16.5. The van der Waals surface area contributed by atoms with E-state index in [0.29, 0.717) is 12.5 Å². The Kier molecular flexibility index (Phi) is 7.20. The molecule has 0 radical (unpaired) electrons. The van der Waals surface area contributed by atoms with Gasteiger partial charge in [0.2, 0.25) is 0 Å². The maximum absolute atomic E-state index is 10.6. The summed E-state index contributed by atoms with van der Waals surface area (Å²) >= 11 is 0. The Morgan fingerprint density at radius 2 is 1.77 bits per heavy atom. The van der Waals surface area contributed by atoms with E-state index in [-0.39, 0.29) is 0 Å². The molecule has 0 saturated carbocycles. The Morgan fingerprint density at radius 1 is 1.09 bits per heavy atom. The van der Waals surface area contributed by atoms with Gasteiger partial charge in [0, 0.05) is 12.1 Å². The Bertz CT molecular complexity index is 425. The van der Waals surface area contributed by atoms with E-state index in [4.69, 9.17) is 4.74 Å². The van der Waals surface area contributed by atoms with Crippen LogP contribution in [-0.4, -0.2) is 36.2 Å². The monoisotopic (exact) mass is 305 g/mol. The van der Waals surface area contributed by atoms with Crippen molar-refractivity contribution in [2.45, 2.75) is 52.1 Å². The lowest BCUT2D eigenvalue weighted by atomic mass is 10.0. The molecule has 0 aliphatic carbocycles. The Hall–Kier alpha value is -1.06. The van der Waals surface area contributed by atoms with Gasteiger partial charge in [0.05, 0.1) is 12.7 Å². The molecule has 1 aliphatic rings. The molecule has 1 aromatic rings. The summed E-state index contributed by atoms with van der Waals surface area (Å²) in [5.74, 6) is 1.32. The summed E-state index contributed by atoms with van der Waals surface area (Å²) in [5, 5.41) is 10.6. The molecule has 1 atom stereocenters. The van der Waals surface area contributed by atoms with E-state index in [1.54, 1.807) is 0 Å². The Balaban J connectivity index is 1.89. The lowest BCUT2D eigenvalue weighted by molar-refractivity contribution is 0.137. The normalized spacial score (nSPS) is 18.2. The van der Waals surface area contributed by atoms with Crippen molar-refractivity contribution < 1.29 is 9.84 Å². The number of hydrogen-bond donors (Lipinski definition) is 1. The number of aliphatic hydroxyl groups excluding tert-OH is 1. The second-order valence-electron chi connectivity index (χ2n) is 6.80. The quantitative estimate of drug-likeness (QED) is 0.826. The summed E-state index contributed by atoms with van der Waals surface area (Å²) in [4.78, 5) is 2.49. The first-order valence-corrected chi connectivity index (χ1v) is 8.79. The van der Waals surface area contributed by atoms with Gasteiger partial charge in [-0.15, -0.1) is 0 Å². The molecular formula is C19H31NO2. The minimum Gasteiger partial charge on any atom is -0.493 e. The van der Waals surface area contributed by atoms with E-state index in [2.05, 4.69) is 18.7 Å². The number of rotatable bonds is 7. The summed E-state index contributed by atoms with van der Waals surface area (Å²) in [6.07, 6.45) is 5.64. The maximum Gasteiger partial charge on any atom is 0.125 e. The summed E-state index contributed by atoms with van der Waals surface area (Å²) in [6, 6.07) is 7.91. The van der Waals surface area contributed by atoms with Gasteiger partial charge in [-0.2, -0.15) is 0 Å². The number of para-hydroxylation sites is 1. The highest BCUT2D eigenvalue weighted by molar-refractivity contribution is 5.35. The van der Waals surface area contributed by atoms with Crippen LogP contribution < -0.4 is 4.74 Å². The second kappa shape index (κ2) is 9.16. The van der Waals surface area contributed by atoms with Crippen LogP contribution in [0.25, 0.3) is 0 Å². The summed E-state index contributed by atoms with van der Waals surface area (Å²) < 4.78 is 5.86. The van der Waals surface area contributed by atoms with E-state index >= 15 is 0 Å². The van der Waals surface area contributed by atoms with Crippen LogP contribution in [-0.2, 0) is 0 Å². The predicted molar refractivity (Wildman–Crippen MR) is 91.3 cm³/mol. The van der Waals surface area contributed by atoms with Crippen LogP contribution >= 0.6 is 0 Å². The fourth-order valence-corrected chi connectivity index (χ4v) is 2.96. The van der Waals surface area contributed by atoms with Gasteiger partial charge in [-0.3, -0.25) is 0 Å². The lowest BCUT2D eigenvalue weighted by Crippen LogP contribution is -2.27. The van der Waals surface area contributed by atoms with Crippen LogP contribution in [0.3, 0.4) is 0 Å². The fraction of sp³-hybridized carbons (Fsp3) is 0.684. The minimum atomic E-state index is -0.438. The molecule has 1 saturated heterocycles. The van der Waals surface area contributed by atoms with Crippen molar-refractivity contribution >= 4 is 0 Å². The SMILES string of the molecule is CC(C)COc1ccccc1C(O)CCN1CCCCCC1. The fourth-order valence-electron chi connectivity index (χ4n) is 2.96. The first-order chi connectivity index (χ1) is 10.7. The van der Waals surface area contributed by atoms with Crippen LogP contribution in [0.5, 0.6) is 5.75 Å².